The van der Waals surface area contributed by atoms with E-state index >= 15 is 0 Å². The number of carbonyl (C=O) groups is 3. The SMILES string of the molecule is CC=C(C=O)[C@@H](CC=O)CC(=O)OCCc1ccc(O)c(O)c1. The van der Waals surface area contributed by atoms with Crippen molar-refractivity contribution in [2.75, 3.05) is 6.61 Å². The Morgan fingerprint density at radius 1 is 1.26 bits per heavy atom. The highest BCUT2D eigenvalue weighted by Crippen LogP contribution is 2.25. The molecule has 23 heavy (non-hydrogen) atoms. The van der Waals surface area contributed by atoms with Crippen LogP contribution in [0.3, 0.4) is 0 Å². The van der Waals surface area contributed by atoms with E-state index in [2.05, 4.69) is 0 Å². The molecular weight excluding hydrogens is 300 g/mol. The minimum Gasteiger partial charge on any atom is -0.504 e. The zero-order valence-corrected chi connectivity index (χ0v) is 12.9. The van der Waals surface area contributed by atoms with Crippen molar-refractivity contribution in [2.24, 2.45) is 5.92 Å². The Morgan fingerprint density at radius 2 is 2.00 bits per heavy atom. The van der Waals surface area contributed by atoms with Crippen LogP contribution in [0, 0.1) is 5.92 Å². The van der Waals surface area contributed by atoms with Gasteiger partial charge in [-0.3, -0.25) is 9.59 Å². The van der Waals surface area contributed by atoms with Gasteiger partial charge in [0.1, 0.15) is 12.6 Å². The number of hydrogen-bond donors (Lipinski definition) is 2. The molecule has 0 saturated heterocycles. The Bertz CT molecular complexity index is 591. The van der Waals surface area contributed by atoms with Crippen molar-refractivity contribution in [3.63, 3.8) is 0 Å². The summed E-state index contributed by atoms with van der Waals surface area (Å²) in [6.45, 7) is 1.77. The van der Waals surface area contributed by atoms with Gasteiger partial charge < -0.3 is 19.7 Å². The van der Waals surface area contributed by atoms with Gasteiger partial charge in [0.25, 0.3) is 0 Å². The normalized spacial score (nSPS) is 12.5. The van der Waals surface area contributed by atoms with Crippen LogP contribution in [0.15, 0.2) is 29.8 Å². The average Bonchev–Trinajstić information content (AvgIpc) is 2.52. The van der Waals surface area contributed by atoms with Crippen LogP contribution < -0.4 is 0 Å². The molecule has 0 heterocycles. The molecular formula is C17H20O6. The van der Waals surface area contributed by atoms with Gasteiger partial charge in [0.15, 0.2) is 11.5 Å². The lowest BCUT2D eigenvalue weighted by Gasteiger charge is -2.13. The smallest absolute Gasteiger partial charge is 0.306 e. The molecule has 0 aliphatic heterocycles. The van der Waals surface area contributed by atoms with Gasteiger partial charge in [0.2, 0.25) is 0 Å². The second-order valence-electron chi connectivity index (χ2n) is 5.00. The van der Waals surface area contributed by atoms with Gasteiger partial charge in [-0.2, -0.15) is 0 Å². The Labute approximate surface area is 134 Å². The first kappa shape index (κ1) is 18.4. The lowest BCUT2D eigenvalue weighted by atomic mass is 9.93. The lowest BCUT2D eigenvalue weighted by molar-refractivity contribution is -0.144. The maximum absolute atomic E-state index is 11.8. The second-order valence-corrected chi connectivity index (χ2v) is 5.00. The van der Waals surface area contributed by atoms with Gasteiger partial charge in [-0.15, -0.1) is 0 Å². The van der Waals surface area contributed by atoms with Crippen molar-refractivity contribution >= 4 is 18.5 Å². The second kappa shape index (κ2) is 9.40. The Hall–Kier alpha value is -2.63. The molecule has 1 rings (SSSR count). The largest absolute Gasteiger partial charge is 0.504 e. The number of esters is 1. The molecule has 1 aromatic carbocycles. The molecule has 0 aliphatic carbocycles. The highest BCUT2D eigenvalue weighted by Gasteiger charge is 2.18. The van der Waals surface area contributed by atoms with Crippen LogP contribution in [0.4, 0.5) is 0 Å². The molecule has 0 fully saturated rings. The zero-order valence-electron chi connectivity index (χ0n) is 12.9. The van der Waals surface area contributed by atoms with E-state index in [0.717, 1.165) is 0 Å². The van der Waals surface area contributed by atoms with Crippen molar-refractivity contribution in [3.8, 4) is 11.5 Å². The third-order valence-electron chi connectivity index (χ3n) is 3.43. The number of allylic oxidation sites excluding steroid dienone is 2. The van der Waals surface area contributed by atoms with E-state index in [-0.39, 0.29) is 30.9 Å². The van der Waals surface area contributed by atoms with Gasteiger partial charge in [-0.1, -0.05) is 12.1 Å². The third-order valence-corrected chi connectivity index (χ3v) is 3.43. The number of phenols is 2. The minimum atomic E-state index is -0.499. The summed E-state index contributed by atoms with van der Waals surface area (Å²) < 4.78 is 5.09. The summed E-state index contributed by atoms with van der Waals surface area (Å²) in [6.07, 6.45) is 3.30. The first-order valence-corrected chi connectivity index (χ1v) is 7.23. The first-order chi connectivity index (χ1) is 11.0. The lowest BCUT2D eigenvalue weighted by Crippen LogP contribution is -2.16. The van der Waals surface area contributed by atoms with Gasteiger partial charge in [0.05, 0.1) is 13.0 Å². The van der Waals surface area contributed by atoms with Crippen LogP contribution in [0.25, 0.3) is 0 Å². The molecule has 1 atom stereocenters. The number of rotatable bonds is 9. The van der Waals surface area contributed by atoms with Crippen molar-refractivity contribution in [2.45, 2.75) is 26.2 Å². The Balaban J connectivity index is 2.50. The van der Waals surface area contributed by atoms with E-state index < -0.39 is 11.9 Å². The number of ether oxygens (including phenoxy) is 1. The summed E-state index contributed by atoms with van der Waals surface area (Å²) in [5.41, 5.74) is 1.11. The number of hydrogen-bond acceptors (Lipinski definition) is 6. The molecule has 0 unspecified atom stereocenters. The van der Waals surface area contributed by atoms with Gasteiger partial charge in [-0.25, -0.2) is 0 Å². The third kappa shape index (κ3) is 5.94. The fourth-order valence-electron chi connectivity index (χ4n) is 2.12. The molecule has 1 aromatic rings. The summed E-state index contributed by atoms with van der Waals surface area (Å²) in [6, 6.07) is 4.36. The highest BCUT2D eigenvalue weighted by atomic mass is 16.5. The fourth-order valence-corrected chi connectivity index (χ4v) is 2.12. The minimum absolute atomic E-state index is 0.0437. The molecule has 0 aromatic heterocycles. The molecule has 6 nitrogen and oxygen atoms in total. The molecule has 0 amide bonds. The Kier molecular flexibility index (Phi) is 7.53. The van der Waals surface area contributed by atoms with Crippen LogP contribution in [0.2, 0.25) is 0 Å². The molecule has 0 aliphatic rings. The molecule has 0 spiro atoms. The standard InChI is InChI=1S/C17H20O6/c1-2-13(11-19)14(5-7-18)10-17(22)23-8-6-12-3-4-15(20)16(21)9-12/h2-4,7,9,11,14,20-21H,5-6,8,10H2,1H3/t14-/m0/s1. The van der Waals surface area contributed by atoms with Crippen LogP contribution in [0.5, 0.6) is 11.5 Å². The molecule has 0 saturated carbocycles. The maximum Gasteiger partial charge on any atom is 0.306 e. The van der Waals surface area contributed by atoms with Gasteiger partial charge in [-0.05, 0) is 30.2 Å². The summed E-state index contributed by atoms with van der Waals surface area (Å²) in [4.78, 5) is 33.4. The molecule has 6 heteroatoms. The van der Waals surface area contributed by atoms with Crippen molar-refractivity contribution < 1.29 is 29.3 Å². The fraction of sp³-hybridized carbons (Fsp3) is 0.353. The van der Waals surface area contributed by atoms with E-state index in [4.69, 9.17) is 4.74 Å². The Morgan fingerprint density at radius 3 is 2.57 bits per heavy atom. The van der Waals surface area contributed by atoms with Crippen LogP contribution in [-0.4, -0.2) is 35.4 Å². The topological polar surface area (TPSA) is 101 Å². The summed E-state index contributed by atoms with van der Waals surface area (Å²) in [5.74, 6) is -1.42. The monoisotopic (exact) mass is 320 g/mol. The highest BCUT2D eigenvalue weighted by molar-refractivity contribution is 5.78. The maximum atomic E-state index is 11.8. The summed E-state index contributed by atoms with van der Waals surface area (Å²) in [5, 5.41) is 18.6. The van der Waals surface area contributed by atoms with Crippen molar-refractivity contribution in [3.05, 3.63) is 35.4 Å². The van der Waals surface area contributed by atoms with E-state index in [1.165, 1.54) is 12.1 Å². The quantitative estimate of drug-likeness (QED) is 0.312. The van der Waals surface area contributed by atoms with E-state index in [9.17, 15) is 24.6 Å². The number of phenolic OH excluding ortho intramolecular Hbond substituents is 2. The number of carbonyl (C=O) groups excluding carboxylic acids is 3. The van der Waals surface area contributed by atoms with Gasteiger partial charge >= 0.3 is 5.97 Å². The van der Waals surface area contributed by atoms with Gasteiger partial charge in [0, 0.05) is 18.8 Å². The van der Waals surface area contributed by atoms with Crippen molar-refractivity contribution in [1.29, 1.82) is 0 Å². The molecule has 0 radical (unpaired) electrons. The molecule has 2 N–H and O–H groups in total. The van der Waals surface area contributed by atoms with Crippen LogP contribution >= 0.6 is 0 Å². The van der Waals surface area contributed by atoms with Crippen LogP contribution in [-0.2, 0) is 25.5 Å². The summed E-state index contributed by atoms with van der Waals surface area (Å²) >= 11 is 0. The van der Waals surface area contributed by atoms with Crippen molar-refractivity contribution in [1.82, 2.24) is 0 Å². The number of aromatic hydroxyl groups is 2. The van der Waals surface area contributed by atoms with E-state index in [0.29, 0.717) is 30.1 Å². The zero-order chi connectivity index (χ0) is 17.2. The number of benzene rings is 1. The number of aldehydes is 2. The first-order valence-electron chi connectivity index (χ1n) is 7.23. The van der Waals surface area contributed by atoms with E-state index in [1.807, 2.05) is 0 Å². The average molecular weight is 320 g/mol. The summed E-state index contributed by atoms with van der Waals surface area (Å²) in [7, 11) is 0. The van der Waals surface area contributed by atoms with Crippen LogP contribution in [0.1, 0.15) is 25.3 Å². The van der Waals surface area contributed by atoms with E-state index in [1.54, 1.807) is 19.1 Å². The predicted octanol–water partition coefficient (Wildman–Crippen LogP) is 1.92. The predicted molar refractivity (Wildman–Crippen MR) is 83.0 cm³/mol. The molecule has 0 bridgehead atoms. The molecule has 124 valence electrons.